The molecule has 0 fully saturated rings. The molecule has 0 amide bonds. The van der Waals surface area contributed by atoms with Gasteiger partial charge in [0.1, 0.15) is 0 Å². The molecule has 0 radical (unpaired) electrons. The van der Waals surface area contributed by atoms with Crippen molar-refractivity contribution in [2.24, 2.45) is 0 Å². The van der Waals surface area contributed by atoms with Crippen molar-refractivity contribution in [3.8, 4) is 78.7 Å². The summed E-state index contributed by atoms with van der Waals surface area (Å²) in [6.45, 7) is 0. The van der Waals surface area contributed by atoms with Crippen molar-refractivity contribution in [3.05, 3.63) is 271 Å². The van der Waals surface area contributed by atoms with Gasteiger partial charge in [-0.1, -0.05) is 237 Å². The molecule has 12 aromatic rings. The van der Waals surface area contributed by atoms with Crippen LogP contribution in [0.2, 0.25) is 0 Å². The summed E-state index contributed by atoms with van der Waals surface area (Å²) in [5.74, 6) is 1.87. The maximum absolute atomic E-state index is 5.44. The van der Waals surface area contributed by atoms with E-state index in [-0.39, 0.29) is 0 Å². The summed E-state index contributed by atoms with van der Waals surface area (Å²) < 4.78 is 2.64. The lowest BCUT2D eigenvalue weighted by Gasteiger charge is -2.35. The van der Waals surface area contributed by atoms with Crippen LogP contribution >= 0.6 is 11.3 Å². The van der Waals surface area contributed by atoms with Crippen LogP contribution in [0.3, 0.4) is 0 Å². The maximum Gasteiger partial charge on any atom is 0.164 e. The van der Waals surface area contributed by atoms with Gasteiger partial charge >= 0.3 is 0 Å². The molecule has 4 heteroatoms. The largest absolute Gasteiger partial charge is 0.208 e. The Hall–Kier alpha value is -8.57. The Morgan fingerprint density at radius 3 is 1.50 bits per heavy atom. The third-order valence-corrected chi connectivity index (χ3v) is 14.9. The van der Waals surface area contributed by atoms with E-state index in [0.717, 1.165) is 38.9 Å². The van der Waals surface area contributed by atoms with Crippen molar-refractivity contribution in [2.45, 2.75) is 5.41 Å². The average Bonchev–Trinajstić information content (AvgIpc) is 3.96. The summed E-state index contributed by atoms with van der Waals surface area (Å²) in [7, 11) is 0. The van der Waals surface area contributed by atoms with Crippen LogP contribution in [0.5, 0.6) is 0 Å². The number of hydrogen-bond acceptors (Lipinski definition) is 4. The zero-order chi connectivity index (χ0) is 45.0. The number of benzene rings is 10. The quantitative estimate of drug-likeness (QED) is 0.153. The molecule has 0 saturated carbocycles. The zero-order valence-electron chi connectivity index (χ0n) is 36.9. The van der Waals surface area contributed by atoms with Gasteiger partial charge in [-0.3, -0.25) is 0 Å². The van der Waals surface area contributed by atoms with E-state index in [9.17, 15) is 0 Å². The van der Waals surface area contributed by atoms with Crippen LogP contribution in [0.1, 0.15) is 22.3 Å². The van der Waals surface area contributed by atoms with Crippen LogP contribution in [0.4, 0.5) is 0 Å². The van der Waals surface area contributed by atoms with Gasteiger partial charge in [0.05, 0.1) is 5.41 Å². The first-order valence-corrected chi connectivity index (χ1v) is 23.9. The van der Waals surface area contributed by atoms with Crippen molar-refractivity contribution >= 4 is 31.5 Å². The summed E-state index contributed by atoms with van der Waals surface area (Å²) in [5, 5.41) is 2.62. The normalized spacial score (nSPS) is 12.5. The second kappa shape index (κ2) is 16.4. The highest BCUT2D eigenvalue weighted by atomic mass is 32.1. The Bertz CT molecular complexity index is 3780. The fourth-order valence-electron chi connectivity index (χ4n) is 10.5. The molecule has 1 aliphatic carbocycles. The van der Waals surface area contributed by atoms with E-state index < -0.39 is 5.41 Å². The van der Waals surface area contributed by atoms with Gasteiger partial charge < -0.3 is 0 Å². The molecule has 0 spiro atoms. The minimum atomic E-state index is -0.632. The number of nitrogens with zero attached hydrogens (tertiary/aromatic N) is 3. The Labute approximate surface area is 399 Å². The Kier molecular flexibility index (Phi) is 9.59. The number of aromatic nitrogens is 3. The van der Waals surface area contributed by atoms with Crippen molar-refractivity contribution in [3.63, 3.8) is 0 Å². The summed E-state index contributed by atoms with van der Waals surface area (Å²) >= 11 is 1.87. The molecule has 10 aromatic carbocycles. The number of hydrogen-bond donors (Lipinski definition) is 0. The summed E-state index contributed by atoms with van der Waals surface area (Å²) in [5.41, 5.74) is 16.3. The van der Waals surface area contributed by atoms with Crippen LogP contribution in [0.15, 0.2) is 249 Å². The van der Waals surface area contributed by atoms with E-state index in [1.54, 1.807) is 0 Å². The fourth-order valence-corrected chi connectivity index (χ4v) is 11.8. The highest BCUT2D eigenvalue weighted by molar-refractivity contribution is 7.26. The minimum absolute atomic E-state index is 0.617. The lowest BCUT2D eigenvalue weighted by Crippen LogP contribution is -2.29. The molecule has 0 bridgehead atoms. The van der Waals surface area contributed by atoms with E-state index in [1.165, 1.54) is 64.7 Å². The fraction of sp³-hybridized carbons (Fsp3) is 0.0156. The lowest BCUT2D eigenvalue weighted by molar-refractivity contribution is 0.769. The smallest absolute Gasteiger partial charge is 0.164 e. The standard InChI is InChI=1S/C64H41N3S/c1-4-17-42(18-5-1)47-19-14-20-48(41-47)62-65-61(46-39-35-44(36-40-46)43-33-37-45(38-34-43)51-27-15-29-55-53-26-11-13-32-58(53)68-60(51)55)66-63(67-62)56-30-16-28-54-52-25-10-12-31-57(52)64(59(54)56,49-21-6-2-7-22-49)50-23-8-3-9-24-50/h1-41H. The molecular weight excluding hydrogens is 843 g/mol. The second-order valence-corrected chi connectivity index (χ2v) is 18.5. The SMILES string of the molecule is c1ccc(-c2cccc(-c3nc(-c4ccc(-c5ccc(-c6cccc7c6sc6ccccc67)cc5)cc4)nc(-c4cccc5c4C(c4ccccc4)(c4ccccc4)c4ccccc4-5)n3)c2)cc1. The third kappa shape index (κ3) is 6.52. The van der Waals surface area contributed by atoms with Gasteiger partial charge in [0, 0.05) is 36.9 Å². The second-order valence-electron chi connectivity index (χ2n) is 17.4. The third-order valence-electron chi connectivity index (χ3n) is 13.7. The molecule has 0 atom stereocenters. The van der Waals surface area contributed by atoms with E-state index in [2.05, 4.69) is 243 Å². The highest BCUT2D eigenvalue weighted by Crippen LogP contribution is 2.58. The molecule has 0 unspecified atom stereocenters. The first-order chi connectivity index (χ1) is 33.7. The molecule has 1 aliphatic rings. The van der Waals surface area contributed by atoms with Gasteiger partial charge in [-0.2, -0.15) is 0 Å². The van der Waals surface area contributed by atoms with Crippen LogP contribution in [-0.4, -0.2) is 15.0 Å². The first-order valence-electron chi connectivity index (χ1n) is 23.1. The molecule has 3 nitrogen and oxygen atoms in total. The van der Waals surface area contributed by atoms with Crippen molar-refractivity contribution in [2.75, 3.05) is 0 Å². The van der Waals surface area contributed by atoms with Crippen LogP contribution in [0, 0.1) is 0 Å². The molecule has 0 aliphatic heterocycles. The van der Waals surface area contributed by atoms with Gasteiger partial charge in [-0.05, 0) is 78.9 Å². The van der Waals surface area contributed by atoms with Gasteiger partial charge in [-0.25, -0.2) is 15.0 Å². The Morgan fingerprint density at radius 2 is 0.765 bits per heavy atom. The summed E-state index contributed by atoms with van der Waals surface area (Å²) in [4.78, 5) is 16.2. The van der Waals surface area contributed by atoms with Gasteiger partial charge in [-0.15, -0.1) is 11.3 Å². The van der Waals surface area contributed by atoms with Gasteiger partial charge in [0.15, 0.2) is 17.5 Å². The van der Waals surface area contributed by atoms with Crippen LogP contribution in [0.25, 0.3) is 98.8 Å². The predicted molar refractivity (Wildman–Crippen MR) is 283 cm³/mol. The molecule has 13 rings (SSSR count). The molecular formula is C64H41N3S. The minimum Gasteiger partial charge on any atom is -0.208 e. The maximum atomic E-state index is 5.44. The lowest BCUT2D eigenvalue weighted by atomic mass is 9.66. The van der Waals surface area contributed by atoms with Crippen LogP contribution < -0.4 is 0 Å². The first kappa shape index (κ1) is 39.8. The number of rotatable bonds is 8. The number of thiophene rings is 1. The Morgan fingerprint density at radius 1 is 0.294 bits per heavy atom. The average molecular weight is 884 g/mol. The molecule has 2 aromatic heterocycles. The molecule has 0 N–H and O–H groups in total. The highest BCUT2D eigenvalue weighted by Gasteiger charge is 2.47. The van der Waals surface area contributed by atoms with Crippen molar-refractivity contribution in [1.29, 1.82) is 0 Å². The molecule has 2 heterocycles. The van der Waals surface area contributed by atoms with Gasteiger partial charge in [0.25, 0.3) is 0 Å². The van der Waals surface area contributed by atoms with E-state index in [0.29, 0.717) is 17.5 Å². The topological polar surface area (TPSA) is 38.7 Å². The predicted octanol–water partition coefficient (Wildman–Crippen LogP) is 16.6. The monoisotopic (exact) mass is 883 g/mol. The molecule has 68 heavy (non-hydrogen) atoms. The molecule has 0 saturated heterocycles. The van der Waals surface area contributed by atoms with E-state index in [4.69, 9.17) is 15.0 Å². The van der Waals surface area contributed by atoms with Crippen LogP contribution in [-0.2, 0) is 5.41 Å². The summed E-state index contributed by atoms with van der Waals surface area (Å²) in [6, 6.07) is 89.2. The van der Waals surface area contributed by atoms with E-state index >= 15 is 0 Å². The van der Waals surface area contributed by atoms with Crippen molar-refractivity contribution < 1.29 is 0 Å². The zero-order valence-corrected chi connectivity index (χ0v) is 37.7. The summed E-state index contributed by atoms with van der Waals surface area (Å²) in [6.07, 6.45) is 0. The van der Waals surface area contributed by atoms with Crippen molar-refractivity contribution in [1.82, 2.24) is 15.0 Å². The Balaban J connectivity index is 0.954. The molecule has 318 valence electrons. The number of fused-ring (bicyclic) bond motifs is 6. The van der Waals surface area contributed by atoms with Gasteiger partial charge in [0.2, 0.25) is 0 Å². The van der Waals surface area contributed by atoms with E-state index in [1.807, 2.05) is 17.4 Å².